The molecule has 1 saturated heterocycles. The molecule has 0 bridgehead atoms. The zero-order valence-electron chi connectivity index (χ0n) is 13.2. The first-order valence-corrected chi connectivity index (χ1v) is 8.11. The Hall–Kier alpha value is -2.89. The monoisotopic (exact) mass is 322 g/mol. The molecular weight excluding hydrogens is 304 g/mol. The molecule has 6 nitrogen and oxygen atoms in total. The number of hydrogen-bond acceptors (Lipinski definition) is 3. The molecule has 1 aliphatic heterocycles. The molecule has 1 fully saturated rings. The smallest absolute Gasteiger partial charge is 0.270 e. The summed E-state index contributed by atoms with van der Waals surface area (Å²) in [6.45, 7) is 1.34. The Kier molecular flexibility index (Phi) is 3.65. The van der Waals surface area contributed by atoms with E-state index in [1.54, 1.807) is 24.7 Å². The van der Waals surface area contributed by atoms with Gasteiger partial charge in [0.05, 0.1) is 12.4 Å². The Bertz CT molecular complexity index is 930. The Labute approximate surface area is 138 Å². The molecule has 2 aromatic heterocycles. The third-order valence-corrected chi connectivity index (χ3v) is 4.61. The minimum atomic E-state index is -0.223. The van der Waals surface area contributed by atoms with Crippen LogP contribution in [0.25, 0.3) is 10.8 Å². The van der Waals surface area contributed by atoms with Crippen molar-refractivity contribution in [2.75, 3.05) is 13.1 Å². The average Bonchev–Trinajstić information content (AvgIpc) is 3.16. The number of carbonyl (C=O) groups excluding carboxylic acids is 1. The highest BCUT2D eigenvalue weighted by molar-refractivity contribution is 5.96. The lowest BCUT2D eigenvalue weighted by atomic mass is 10.0. The number of aromatic amines is 1. The predicted octanol–water partition coefficient (Wildman–Crippen LogP) is 2.20. The van der Waals surface area contributed by atoms with Gasteiger partial charge in [0.2, 0.25) is 0 Å². The number of piperidine rings is 1. The molecule has 0 radical (unpaired) electrons. The Morgan fingerprint density at radius 3 is 3.00 bits per heavy atom. The Morgan fingerprint density at radius 2 is 2.17 bits per heavy atom. The van der Waals surface area contributed by atoms with E-state index in [1.165, 1.54) is 0 Å². The van der Waals surface area contributed by atoms with E-state index in [4.69, 9.17) is 0 Å². The van der Waals surface area contributed by atoms with Crippen molar-refractivity contribution in [3.05, 3.63) is 65.1 Å². The van der Waals surface area contributed by atoms with Crippen LogP contribution >= 0.6 is 0 Å². The number of nitrogens with one attached hydrogen (secondary N) is 1. The van der Waals surface area contributed by atoms with E-state index in [9.17, 15) is 9.59 Å². The first-order chi connectivity index (χ1) is 11.7. The predicted molar refractivity (Wildman–Crippen MR) is 91.0 cm³/mol. The van der Waals surface area contributed by atoms with E-state index in [1.807, 2.05) is 33.9 Å². The van der Waals surface area contributed by atoms with Crippen LogP contribution < -0.4 is 5.56 Å². The molecule has 1 atom stereocenters. The number of rotatable bonds is 2. The van der Waals surface area contributed by atoms with Gasteiger partial charge in [-0.3, -0.25) is 9.59 Å². The second kappa shape index (κ2) is 5.96. The molecule has 0 aliphatic carbocycles. The van der Waals surface area contributed by atoms with Gasteiger partial charge in [-0.25, -0.2) is 4.98 Å². The van der Waals surface area contributed by atoms with E-state index in [-0.39, 0.29) is 17.5 Å². The molecule has 0 spiro atoms. The number of amides is 1. The van der Waals surface area contributed by atoms with Gasteiger partial charge in [0.1, 0.15) is 5.69 Å². The number of aromatic nitrogens is 3. The SMILES string of the molecule is O=C(c1cc2ccccc2c(=O)[nH]1)N1CCC[C@H](n2ccnc2)C1. The maximum Gasteiger partial charge on any atom is 0.270 e. The molecule has 0 unspecified atom stereocenters. The number of pyridine rings is 1. The summed E-state index contributed by atoms with van der Waals surface area (Å²) in [4.78, 5) is 33.7. The van der Waals surface area contributed by atoms with Crippen LogP contribution in [0.5, 0.6) is 0 Å². The van der Waals surface area contributed by atoms with Gasteiger partial charge in [-0.2, -0.15) is 0 Å². The fourth-order valence-electron chi connectivity index (χ4n) is 3.36. The Balaban J connectivity index is 1.62. The molecule has 3 aromatic rings. The summed E-state index contributed by atoms with van der Waals surface area (Å²) in [5.74, 6) is -0.123. The number of carbonyl (C=O) groups is 1. The fourth-order valence-corrected chi connectivity index (χ4v) is 3.36. The highest BCUT2D eigenvalue weighted by Crippen LogP contribution is 2.22. The van der Waals surface area contributed by atoms with Crippen LogP contribution in [0.2, 0.25) is 0 Å². The van der Waals surface area contributed by atoms with Gasteiger partial charge in [-0.15, -0.1) is 0 Å². The standard InChI is InChI=1S/C18H18N4O2/c23-17-15-6-2-1-4-13(15)10-16(20-17)18(24)21-8-3-5-14(11-21)22-9-7-19-12-22/h1-2,4,6-7,9-10,12,14H,3,5,8,11H2,(H,20,23)/t14-/m0/s1. The molecule has 3 heterocycles. The number of likely N-dealkylation sites (tertiary alicyclic amines) is 1. The summed E-state index contributed by atoms with van der Waals surface area (Å²) in [5, 5.41) is 1.39. The third kappa shape index (κ3) is 2.60. The highest BCUT2D eigenvalue weighted by Gasteiger charge is 2.26. The first kappa shape index (κ1) is 14.7. The molecule has 1 aromatic carbocycles. The maximum atomic E-state index is 12.8. The van der Waals surface area contributed by atoms with Gasteiger partial charge < -0.3 is 14.5 Å². The van der Waals surface area contributed by atoms with Crippen molar-refractivity contribution in [2.45, 2.75) is 18.9 Å². The van der Waals surface area contributed by atoms with Crippen LogP contribution in [-0.2, 0) is 0 Å². The van der Waals surface area contributed by atoms with Gasteiger partial charge in [0.25, 0.3) is 11.5 Å². The number of hydrogen-bond donors (Lipinski definition) is 1. The number of H-pyrrole nitrogens is 1. The molecule has 6 heteroatoms. The van der Waals surface area contributed by atoms with Crippen molar-refractivity contribution >= 4 is 16.7 Å². The van der Waals surface area contributed by atoms with Crippen molar-refractivity contribution in [3.63, 3.8) is 0 Å². The molecule has 122 valence electrons. The average molecular weight is 322 g/mol. The molecule has 0 saturated carbocycles. The number of imidazole rings is 1. The lowest BCUT2D eigenvalue weighted by molar-refractivity contribution is 0.0673. The normalized spacial score (nSPS) is 18.0. The fraction of sp³-hybridized carbons (Fsp3) is 0.278. The zero-order valence-corrected chi connectivity index (χ0v) is 13.2. The first-order valence-electron chi connectivity index (χ1n) is 8.11. The van der Waals surface area contributed by atoms with Crippen molar-refractivity contribution in [1.29, 1.82) is 0 Å². The van der Waals surface area contributed by atoms with E-state index in [0.717, 1.165) is 18.2 Å². The van der Waals surface area contributed by atoms with Crippen molar-refractivity contribution in [2.24, 2.45) is 0 Å². The van der Waals surface area contributed by atoms with Gasteiger partial charge in [-0.1, -0.05) is 18.2 Å². The lowest BCUT2D eigenvalue weighted by Crippen LogP contribution is -2.41. The summed E-state index contributed by atoms with van der Waals surface area (Å²) in [5.41, 5.74) is 0.129. The van der Waals surface area contributed by atoms with Crippen LogP contribution in [0.3, 0.4) is 0 Å². The molecule has 24 heavy (non-hydrogen) atoms. The maximum absolute atomic E-state index is 12.8. The molecule has 4 rings (SSSR count). The van der Waals surface area contributed by atoms with Crippen LogP contribution in [0, 0.1) is 0 Å². The van der Waals surface area contributed by atoms with Crippen LogP contribution in [0.1, 0.15) is 29.4 Å². The van der Waals surface area contributed by atoms with Crippen LogP contribution in [-0.4, -0.2) is 38.4 Å². The largest absolute Gasteiger partial charge is 0.335 e. The minimum absolute atomic E-state index is 0.123. The number of benzene rings is 1. The van der Waals surface area contributed by atoms with E-state index in [2.05, 4.69) is 9.97 Å². The zero-order chi connectivity index (χ0) is 16.5. The third-order valence-electron chi connectivity index (χ3n) is 4.61. The van der Waals surface area contributed by atoms with E-state index in [0.29, 0.717) is 24.2 Å². The second-order valence-corrected chi connectivity index (χ2v) is 6.16. The lowest BCUT2D eigenvalue weighted by Gasteiger charge is -2.33. The summed E-state index contributed by atoms with van der Waals surface area (Å²) in [6, 6.07) is 9.30. The van der Waals surface area contributed by atoms with Crippen molar-refractivity contribution in [1.82, 2.24) is 19.4 Å². The minimum Gasteiger partial charge on any atom is -0.335 e. The van der Waals surface area contributed by atoms with Gasteiger partial charge in [-0.05, 0) is 30.4 Å². The highest BCUT2D eigenvalue weighted by atomic mass is 16.2. The summed E-state index contributed by atoms with van der Waals surface area (Å²) >= 11 is 0. The second-order valence-electron chi connectivity index (χ2n) is 6.16. The summed E-state index contributed by atoms with van der Waals surface area (Å²) < 4.78 is 2.04. The van der Waals surface area contributed by atoms with Gasteiger partial charge in [0.15, 0.2) is 0 Å². The molecule has 1 amide bonds. The molecule has 1 aliphatic rings. The van der Waals surface area contributed by atoms with E-state index >= 15 is 0 Å². The van der Waals surface area contributed by atoms with Crippen molar-refractivity contribution < 1.29 is 4.79 Å². The topological polar surface area (TPSA) is 71.0 Å². The molecule has 1 N–H and O–H groups in total. The number of nitrogens with zero attached hydrogens (tertiary/aromatic N) is 3. The van der Waals surface area contributed by atoms with Crippen LogP contribution in [0.15, 0.2) is 53.8 Å². The van der Waals surface area contributed by atoms with Gasteiger partial charge in [0, 0.05) is 30.9 Å². The molecular formula is C18H18N4O2. The quantitative estimate of drug-likeness (QED) is 0.786. The summed E-state index contributed by atoms with van der Waals surface area (Å²) in [7, 11) is 0. The van der Waals surface area contributed by atoms with E-state index < -0.39 is 0 Å². The number of fused-ring (bicyclic) bond motifs is 1. The Morgan fingerprint density at radius 1 is 1.29 bits per heavy atom. The summed E-state index contributed by atoms with van der Waals surface area (Å²) in [6.07, 6.45) is 7.43. The van der Waals surface area contributed by atoms with Crippen molar-refractivity contribution in [3.8, 4) is 0 Å². The van der Waals surface area contributed by atoms with Crippen LogP contribution in [0.4, 0.5) is 0 Å². The van der Waals surface area contributed by atoms with Gasteiger partial charge >= 0.3 is 0 Å².